The van der Waals surface area contributed by atoms with Crippen LogP contribution >= 0.6 is 0 Å². The summed E-state index contributed by atoms with van der Waals surface area (Å²) in [6.45, 7) is 0. The minimum absolute atomic E-state index is 0.309. The Morgan fingerprint density at radius 2 is 1.90 bits per heavy atom. The quantitative estimate of drug-likeness (QED) is 0.718. The third-order valence-electron chi connectivity index (χ3n) is 2.98. The highest BCUT2D eigenvalue weighted by Gasteiger charge is 2.31. The van der Waals surface area contributed by atoms with Gasteiger partial charge >= 0.3 is 6.18 Å². The second-order valence-electron chi connectivity index (χ2n) is 4.32. The zero-order valence-electron chi connectivity index (χ0n) is 10.1. The van der Waals surface area contributed by atoms with E-state index in [0.29, 0.717) is 27.8 Å². The second kappa shape index (κ2) is 4.22. The van der Waals surface area contributed by atoms with Gasteiger partial charge in [-0.05, 0) is 29.8 Å². The highest BCUT2D eigenvalue weighted by atomic mass is 19.4. The summed E-state index contributed by atoms with van der Waals surface area (Å²) in [5.74, 6) is 0.309. The van der Waals surface area contributed by atoms with E-state index in [9.17, 15) is 13.2 Å². The number of H-pyrrole nitrogens is 1. The van der Waals surface area contributed by atoms with Crippen LogP contribution in [-0.2, 0) is 6.18 Å². The van der Waals surface area contributed by atoms with E-state index in [4.69, 9.17) is 5.73 Å². The third kappa shape index (κ3) is 2.07. The summed E-state index contributed by atoms with van der Waals surface area (Å²) >= 11 is 0. The molecule has 3 rings (SSSR count). The maximum atomic E-state index is 12.9. The molecule has 0 amide bonds. The molecule has 3 aromatic rings. The lowest BCUT2D eigenvalue weighted by Gasteiger charge is -2.10. The summed E-state index contributed by atoms with van der Waals surface area (Å²) in [6.07, 6.45) is -1.49. The largest absolute Gasteiger partial charge is 0.416 e. The molecule has 0 saturated heterocycles. The number of aromatic nitrogens is 3. The van der Waals surface area contributed by atoms with Crippen LogP contribution < -0.4 is 5.73 Å². The minimum atomic E-state index is -4.42. The van der Waals surface area contributed by atoms with Crippen LogP contribution in [0.15, 0.2) is 36.7 Å². The average Bonchev–Trinajstić information content (AvgIpc) is 2.85. The summed E-state index contributed by atoms with van der Waals surface area (Å²) in [5, 5.41) is 6.95. The third-order valence-corrected chi connectivity index (χ3v) is 2.98. The van der Waals surface area contributed by atoms with Crippen LogP contribution in [0, 0.1) is 0 Å². The van der Waals surface area contributed by atoms with E-state index >= 15 is 0 Å². The molecule has 0 aliphatic rings. The first-order chi connectivity index (χ1) is 9.45. The number of hydrogen-bond acceptors (Lipinski definition) is 3. The number of pyridine rings is 1. The van der Waals surface area contributed by atoms with Crippen molar-refractivity contribution in [2.24, 2.45) is 0 Å². The van der Waals surface area contributed by atoms with Crippen LogP contribution in [0.1, 0.15) is 5.56 Å². The van der Waals surface area contributed by atoms with Crippen molar-refractivity contribution in [3.05, 3.63) is 42.2 Å². The van der Waals surface area contributed by atoms with Crippen LogP contribution in [0.4, 0.5) is 19.0 Å². The van der Waals surface area contributed by atoms with Gasteiger partial charge in [-0.2, -0.15) is 18.3 Å². The van der Waals surface area contributed by atoms with Crippen LogP contribution in [-0.4, -0.2) is 15.2 Å². The van der Waals surface area contributed by atoms with Crippen molar-refractivity contribution in [2.75, 3.05) is 5.73 Å². The standard InChI is InChI=1S/C13H9F3N4/c14-13(15,16)8-3-9(7-1-2-12(17)18-5-7)10-6-19-20-11(10)4-8/h1-6H,(H2,17,18)(H,19,20). The van der Waals surface area contributed by atoms with E-state index < -0.39 is 11.7 Å². The summed E-state index contributed by atoms with van der Waals surface area (Å²) in [4.78, 5) is 3.90. The molecule has 0 fully saturated rings. The predicted molar refractivity (Wildman–Crippen MR) is 68.7 cm³/mol. The van der Waals surface area contributed by atoms with E-state index in [1.807, 2.05) is 0 Å². The first-order valence-corrected chi connectivity index (χ1v) is 5.71. The normalized spacial score (nSPS) is 11.9. The Labute approximate surface area is 111 Å². The summed E-state index contributed by atoms with van der Waals surface area (Å²) in [7, 11) is 0. The molecule has 2 heterocycles. The van der Waals surface area contributed by atoms with E-state index in [2.05, 4.69) is 15.2 Å². The first-order valence-electron chi connectivity index (χ1n) is 5.71. The molecule has 4 nitrogen and oxygen atoms in total. The van der Waals surface area contributed by atoms with Crippen molar-refractivity contribution >= 4 is 16.7 Å². The monoisotopic (exact) mass is 278 g/mol. The predicted octanol–water partition coefficient (Wildman–Crippen LogP) is 3.23. The van der Waals surface area contributed by atoms with Crippen molar-refractivity contribution in [3.8, 4) is 11.1 Å². The molecular formula is C13H9F3N4. The number of fused-ring (bicyclic) bond motifs is 1. The van der Waals surface area contributed by atoms with Gasteiger partial charge in [0.05, 0.1) is 17.3 Å². The van der Waals surface area contributed by atoms with Crippen LogP contribution in [0.3, 0.4) is 0 Å². The van der Waals surface area contributed by atoms with Crippen molar-refractivity contribution in [1.82, 2.24) is 15.2 Å². The molecule has 0 unspecified atom stereocenters. The fraction of sp³-hybridized carbons (Fsp3) is 0.0769. The first kappa shape index (κ1) is 12.5. The van der Waals surface area contributed by atoms with Gasteiger partial charge < -0.3 is 5.73 Å². The van der Waals surface area contributed by atoms with Gasteiger partial charge in [0.25, 0.3) is 0 Å². The number of nitrogens with one attached hydrogen (secondary N) is 1. The van der Waals surface area contributed by atoms with Gasteiger partial charge in [-0.25, -0.2) is 4.98 Å². The van der Waals surface area contributed by atoms with Crippen molar-refractivity contribution in [2.45, 2.75) is 6.18 Å². The van der Waals surface area contributed by atoms with Gasteiger partial charge in [0.15, 0.2) is 0 Å². The Balaban J connectivity index is 2.27. The van der Waals surface area contributed by atoms with Crippen molar-refractivity contribution in [1.29, 1.82) is 0 Å². The van der Waals surface area contributed by atoms with Gasteiger partial charge in [0, 0.05) is 17.1 Å². The zero-order valence-corrected chi connectivity index (χ0v) is 10.1. The molecule has 102 valence electrons. The molecule has 0 saturated carbocycles. The van der Waals surface area contributed by atoms with Crippen LogP contribution in [0.2, 0.25) is 0 Å². The van der Waals surface area contributed by atoms with E-state index in [1.54, 1.807) is 12.1 Å². The fourth-order valence-corrected chi connectivity index (χ4v) is 2.02. The highest BCUT2D eigenvalue weighted by molar-refractivity contribution is 5.95. The fourth-order valence-electron chi connectivity index (χ4n) is 2.02. The molecule has 1 aromatic carbocycles. The van der Waals surface area contributed by atoms with E-state index in [-0.39, 0.29) is 0 Å². The molecule has 3 N–H and O–H groups in total. The van der Waals surface area contributed by atoms with Gasteiger partial charge in [-0.3, -0.25) is 5.10 Å². The number of rotatable bonds is 1. The number of alkyl halides is 3. The summed E-state index contributed by atoms with van der Waals surface area (Å²) in [5.41, 5.74) is 6.04. The molecule has 0 spiro atoms. The zero-order chi connectivity index (χ0) is 14.3. The lowest BCUT2D eigenvalue weighted by Crippen LogP contribution is -2.05. The van der Waals surface area contributed by atoms with E-state index in [1.165, 1.54) is 12.4 Å². The molecule has 7 heteroatoms. The number of halogens is 3. The number of nitrogens with two attached hydrogens (primary N) is 1. The smallest absolute Gasteiger partial charge is 0.384 e. The van der Waals surface area contributed by atoms with Crippen LogP contribution in [0.25, 0.3) is 22.0 Å². The molecular weight excluding hydrogens is 269 g/mol. The molecule has 0 radical (unpaired) electrons. The Morgan fingerprint density at radius 3 is 2.55 bits per heavy atom. The molecule has 0 aliphatic heterocycles. The molecule has 0 aliphatic carbocycles. The number of anilines is 1. The number of hydrogen-bond donors (Lipinski definition) is 2. The summed E-state index contributed by atoms with van der Waals surface area (Å²) in [6, 6.07) is 5.30. The molecule has 20 heavy (non-hydrogen) atoms. The van der Waals surface area contributed by atoms with Gasteiger partial charge in [0.2, 0.25) is 0 Å². The Hall–Kier alpha value is -2.57. The maximum Gasteiger partial charge on any atom is 0.416 e. The van der Waals surface area contributed by atoms with Gasteiger partial charge in [-0.15, -0.1) is 0 Å². The number of aromatic amines is 1. The highest BCUT2D eigenvalue weighted by Crippen LogP contribution is 2.36. The molecule has 2 aromatic heterocycles. The minimum Gasteiger partial charge on any atom is -0.384 e. The maximum absolute atomic E-state index is 12.9. The number of benzene rings is 1. The molecule has 0 bridgehead atoms. The van der Waals surface area contributed by atoms with Crippen molar-refractivity contribution < 1.29 is 13.2 Å². The van der Waals surface area contributed by atoms with Gasteiger partial charge in [0.1, 0.15) is 5.82 Å². The molecule has 0 atom stereocenters. The second-order valence-corrected chi connectivity index (χ2v) is 4.32. The Bertz CT molecular complexity index is 759. The van der Waals surface area contributed by atoms with E-state index in [0.717, 1.165) is 12.1 Å². The van der Waals surface area contributed by atoms with Gasteiger partial charge in [-0.1, -0.05) is 0 Å². The Kier molecular flexibility index (Phi) is 2.63. The van der Waals surface area contributed by atoms with Crippen molar-refractivity contribution in [3.63, 3.8) is 0 Å². The summed E-state index contributed by atoms with van der Waals surface area (Å²) < 4.78 is 38.7. The lowest BCUT2D eigenvalue weighted by molar-refractivity contribution is -0.137. The topological polar surface area (TPSA) is 67.6 Å². The SMILES string of the molecule is Nc1ccc(-c2cc(C(F)(F)F)cc3[nH]ncc23)cn1. The number of nitrogen functional groups attached to an aromatic ring is 1. The number of nitrogens with zero attached hydrogens (tertiary/aromatic N) is 2. The lowest BCUT2D eigenvalue weighted by atomic mass is 10.0. The van der Waals surface area contributed by atoms with Crippen LogP contribution in [0.5, 0.6) is 0 Å². The average molecular weight is 278 g/mol. The Morgan fingerprint density at radius 1 is 1.10 bits per heavy atom.